The Morgan fingerprint density at radius 2 is 1.11 bits per heavy atom. The van der Waals surface area contributed by atoms with E-state index in [2.05, 4.69) is 0 Å². The Kier molecular flexibility index (Phi) is 6.47. The highest BCUT2D eigenvalue weighted by molar-refractivity contribution is 7.86. The van der Waals surface area contributed by atoms with Crippen molar-refractivity contribution in [1.82, 2.24) is 0 Å². The summed E-state index contributed by atoms with van der Waals surface area (Å²) in [4.78, 5) is -0.647. The van der Waals surface area contributed by atoms with Gasteiger partial charge >= 0.3 is 0 Å². The van der Waals surface area contributed by atoms with Gasteiger partial charge < -0.3 is 9.47 Å². The standard InChI is InChI=1S/C17H20O8S2/c1-12-4-6-14(16(10-12)26(18,19)20)24-8-3-9-25-15-7-5-13(2)11-17(15)27(21,22)23/h4-7,10-11H,3,8-9H2,1-2H3,(H,18,19,20)(H,21,22,23). The molecular weight excluding hydrogens is 396 g/mol. The van der Waals surface area contributed by atoms with Crippen LogP contribution in [0.15, 0.2) is 46.2 Å². The molecule has 0 aliphatic rings. The van der Waals surface area contributed by atoms with Crippen molar-refractivity contribution < 1.29 is 35.4 Å². The van der Waals surface area contributed by atoms with Crippen LogP contribution in [-0.4, -0.2) is 39.2 Å². The summed E-state index contributed by atoms with van der Waals surface area (Å²) in [6.45, 7) is 3.50. The average Bonchev–Trinajstić information content (AvgIpc) is 2.55. The molecule has 0 heterocycles. The summed E-state index contributed by atoms with van der Waals surface area (Å²) >= 11 is 0. The van der Waals surface area contributed by atoms with Crippen molar-refractivity contribution in [2.75, 3.05) is 13.2 Å². The first-order valence-corrected chi connectivity index (χ1v) is 10.8. The van der Waals surface area contributed by atoms with Gasteiger partial charge in [-0.05, 0) is 49.2 Å². The molecule has 10 heteroatoms. The van der Waals surface area contributed by atoms with Gasteiger partial charge in [0.05, 0.1) is 13.2 Å². The van der Waals surface area contributed by atoms with Gasteiger partial charge in [-0.25, -0.2) is 0 Å². The van der Waals surface area contributed by atoms with Crippen molar-refractivity contribution >= 4 is 20.2 Å². The fourth-order valence-electron chi connectivity index (χ4n) is 2.30. The van der Waals surface area contributed by atoms with Gasteiger partial charge in [0.15, 0.2) is 0 Å². The molecule has 0 bridgehead atoms. The normalized spacial score (nSPS) is 12.0. The lowest BCUT2D eigenvalue weighted by atomic mass is 10.2. The Morgan fingerprint density at radius 3 is 1.44 bits per heavy atom. The second kappa shape index (κ2) is 8.26. The molecule has 0 aliphatic heterocycles. The van der Waals surface area contributed by atoms with Gasteiger partial charge in [0.1, 0.15) is 21.3 Å². The lowest BCUT2D eigenvalue weighted by Crippen LogP contribution is -2.10. The quantitative estimate of drug-likeness (QED) is 0.497. The van der Waals surface area contributed by atoms with Gasteiger partial charge in [-0.3, -0.25) is 9.11 Å². The van der Waals surface area contributed by atoms with Gasteiger partial charge in [-0.15, -0.1) is 0 Å². The molecule has 0 fully saturated rings. The minimum absolute atomic E-state index is 0.0112. The van der Waals surface area contributed by atoms with E-state index in [9.17, 15) is 25.9 Å². The second-order valence-corrected chi connectivity index (χ2v) is 8.68. The average molecular weight is 416 g/mol. The number of aryl methyl sites for hydroxylation is 2. The van der Waals surface area contributed by atoms with Gasteiger partial charge in [0.25, 0.3) is 20.2 Å². The summed E-state index contributed by atoms with van der Waals surface area (Å²) in [7, 11) is -8.84. The van der Waals surface area contributed by atoms with E-state index >= 15 is 0 Å². The first-order valence-electron chi connectivity index (χ1n) is 7.90. The maximum Gasteiger partial charge on any atom is 0.298 e. The summed E-state index contributed by atoms with van der Waals surface area (Å²) in [6, 6.07) is 8.76. The summed E-state index contributed by atoms with van der Waals surface area (Å²) in [5, 5.41) is 0. The van der Waals surface area contributed by atoms with Gasteiger partial charge in [0, 0.05) is 6.42 Å². The molecule has 0 atom stereocenters. The first-order chi connectivity index (χ1) is 12.5. The van der Waals surface area contributed by atoms with E-state index in [1.807, 2.05) is 0 Å². The van der Waals surface area contributed by atoms with Crippen molar-refractivity contribution in [2.45, 2.75) is 30.1 Å². The van der Waals surface area contributed by atoms with Crippen molar-refractivity contribution in [3.8, 4) is 11.5 Å². The van der Waals surface area contributed by atoms with Crippen LogP contribution >= 0.6 is 0 Å². The van der Waals surface area contributed by atoms with E-state index in [0.29, 0.717) is 17.5 Å². The Balaban J connectivity index is 1.98. The smallest absolute Gasteiger partial charge is 0.298 e. The van der Waals surface area contributed by atoms with E-state index < -0.39 is 20.2 Å². The Bertz CT molecular complexity index is 943. The predicted octanol–water partition coefficient (Wildman–Crippen LogP) is 2.64. The zero-order chi connectivity index (χ0) is 20.2. The molecule has 0 spiro atoms. The number of ether oxygens (including phenoxy) is 2. The fraction of sp³-hybridized carbons (Fsp3) is 0.294. The van der Waals surface area contributed by atoms with Crippen molar-refractivity contribution in [3.63, 3.8) is 0 Å². The Labute approximate surface area is 158 Å². The summed E-state index contributed by atoms with van der Waals surface area (Å²) in [6.07, 6.45) is 0.303. The summed E-state index contributed by atoms with van der Waals surface area (Å²) in [5.41, 5.74) is 1.30. The van der Waals surface area contributed by atoms with E-state index in [1.54, 1.807) is 26.0 Å². The second-order valence-electron chi connectivity index (χ2n) is 5.90. The van der Waals surface area contributed by atoms with Crippen LogP contribution in [-0.2, 0) is 20.2 Å². The molecule has 2 N–H and O–H groups in total. The molecule has 0 unspecified atom stereocenters. The molecule has 2 aromatic rings. The molecule has 0 amide bonds. The highest BCUT2D eigenvalue weighted by Gasteiger charge is 2.18. The monoisotopic (exact) mass is 416 g/mol. The van der Waals surface area contributed by atoms with Crippen LogP contribution in [0.1, 0.15) is 17.5 Å². The van der Waals surface area contributed by atoms with Gasteiger partial charge in [-0.1, -0.05) is 12.1 Å². The molecule has 0 radical (unpaired) electrons. The van der Waals surface area contributed by atoms with E-state index in [1.165, 1.54) is 24.3 Å². The van der Waals surface area contributed by atoms with Gasteiger partial charge in [-0.2, -0.15) is 16.8 Å². The molecule has 148 valence electrons. The van der Waals surface area contributed by atoms with Crippen LogP contribution in [0, 0.1) is 13.8 Å². The first kappa shape index (κ1) is 21.2. The minimum Gasteiger partial charge on any atom is -0.492 e. The number of benzene rings is 2. The molecule has 0 aliphatic carbocycles. The Hall–Kier alpha value is -2.14. The van der Waals surface area contributed by atoms with Crippen LogP contribution < -0.4 is 9.47 Å². The molecule has 8 nitrogen and oxygen atoms in total. The third kappa shape index (κ3) is 5.93. The van der Waals surface area contributed by atoms with Crippen LogP contribution in [0.3, 0.4) is 0 Å². The van der Waals surface area contributed by atoms with E-state index in [4.69, 9.17) is 9.47 Å². The maximum absolute atomic E-state index is 11.4. The number of hydrogen-bond donors (Lipinski definition) is 2. The lowest BCUT2D eigenvalue weighted by molar-refractivity contribution is 0.240. The highest BCUT2D eigenvalue weighted by atomic mass is 32.2. The zero-order valence-electron chi connectivity index (χ0n) is 14.7. The number of hydrogen-bond acceptors (Lipinski definition) is 6. The molecule has 0 saturated heterocycles. The largest absolute Gasteiger partial charge is 0.492 e. The van der Waals surface area contributed by atoms with E-state index in [0.717, 1.165) is 0 Å². The lowest BCUT2D eigenvalue weighted by Gasteiger charge is -2.12. The Morgan fingerprint density at radius 1 is 0.741 bits per heavy atom. The van der Waals surface area contributed by atoms with Crippen molar-refractivity contribution in [3.05, 3.63) is 47.5 Å². The van der Waals surface area contributed by atoms with Crippen LogP contribution in [0.25, 0.3) is 0 Å². The summed E-state index contributed by atoms with van der Waals surface area (Å²) in [5.74, 6) is 0.0223. The fourth-order valence-corrected chi connectivity index (χ4v) is 3.73. The molecular formula is C17H20O8S2. The zero-order valence-corrected chi connectivity index (χ0v) is 16.4. The molecule has 0 saturated carbocycles. The SMILES string of the molecule is Cc1ccc(OCCCOc2ccc(C)cc2S(=O)(=O)O)c(S(=O)(=O)O)c1. The molecule has 2 aromatic carbocycles. The van der Waals surface area contributed by atoms with Crippen LogP contribution in [0.2, 0.25) is 0 Å². The highest BCUT2D eigenvalue weighted by Crippen LogP contribution is 2.26. The van der Waals surface area contributed by atoms with Crippen LogP contribution in [0.5, 0.6) is 11.5 Å². The van der Waals surface area contributed by atoms with Crippen molar-refractivity contribution in [1.29, 1.82) is 0 Å². The maximum atomic E-state index is 11.4. The van der Waals surface area contributed by atoms with Gasteiger partial charge in [0.2, 0.25) is 0 Å². The molecule has 0 aromatic heterocycles. The molecule has 2 rings (SSSR count). The third-order valence-corrected chi connectivity index (χ3v) is 5.31. The minimum atomic E-state index is -4.42. The molecule has 27 heavy (non-hydrogen) atoms. The predicted molar refractivity (Wildman–Crippen MR) is 97.6 cm³/mol. The third-order valence-electron chi connectivity index (χ3n) is 3.56. The topological polar surface area (TPSA) is 127 Å². The summed E-state index contributed by atoms with van der Waals surface area (Å²) < 4.78 is 74.9. The van der Waals surface area contributed by atoms with E-state index in [-0.39, 0.29) is 34.5 Å². The van der Waals surface area contributed by atoms with Crippen LogP contribution in [0.4, 0.5) is 0 Å². The number of rotatable bonds is 8. The van der Waals surface area contributed by atoms with Crippen molar-refractivity contribution in [2.24, 2.45) is 0 Å².